The number of hydrogen-bond donors (Lipinski definition) is 6. The maximum absolute atomic E-state index is 14.0. The third-order valence-electron chi connectivity index (χ3n) is 10.0. The molecule has 0 bridgehead atoms. The van der Waals surface area contributed by atoms with Crippen LogP contribution in [0.3, 0.4) is 0 Å². The highest BCUT2D eigenvalue weighted by Gasteiger charge is 2.25. The Hall–Kier alpha value is -4.57. The summed E-state index contributed by atoms with van der Waals surface area (Å²) in [5.74, 6) is 0.314. The fourth-order valence-corrected chi connectivity index (χ4v) is 7.32. The van der Waals surface area contributed by atoms with Gasteiger partial charge in [0.1, 0.15) is 11.9 Å². The highest BCUT2D eigenvalue weighted by atomic mass is 16.3. The van der Waals surface area contributed by atoms with E-state index in [2.05, 4.69) is 55.5 Å². The summed E-state index contributed by atoms with van der Waals surface area (Å²) in [7, 11) is 0. The molecule has 1 heterocycles. The molecule has 5 aromatic rings. The molecule has 1 unspecified atom stereocenters. The number of aliphatic hydroxyl groups excluding tert-OH is 1. The molecule has 9 nitrogen and oxygen atoms in total. The van der Waals surface area contributed by atoms with Crippen molar-refractivity contribution in [1.82, 2.24) is 31.2 Å². The van der Waals surface area contributed by atoms with Crippen molar-refractivity contribution in [3.63, 3.8) is 0 Å². The lowest BCUT2D eigenvalue weighted by atomic mass is 9.95. The molecule has 1 aliphatic carbocycles. The summed E-state index contributed by atoms with van der Waals surface area (Å²) in [5.41, 5.74) is 2.60. The third kappa shape index (κ3) is 8.77. The highest BCUT2D eigenvalue weighted by molar-refractivity contribution is 6.09. The van der Waals surface area contributed by atoms with Crippen LogP contribution in [0.2, 0.25) is 0 Å². The first kappa shape index (κ1) is 35.3. The van der Waals surface area contributed by atoms with Gasteiger partial charge in [-0.05, 0) is 84.3 Å². The van der Waals surface area contributed by atoms with Crippen molar-refractivity contribution in [2.45, 2.75) is 89.0 Å². The number of aromatic amines is 1. The number of nitrogens with zero attached hydrogens (tertiary/aromatic N) is 1. The molecule has 1 aromatic heterocycles. The fraction of sp³-hybridized carbons (Fsp3) is 0.390. The Labute approximate surface area is 294 Å². The largest absolute Gasteiger partial charge is 0.396 e. The van der Waals surface area contributed by atoms with Gasteiger partial charge in [0.05, 0.1) is 12.1 Å². The van der Waals surface area contributed by atoms with Crippen LogP contribution in [-0.4, -0.2) is 52.1 Å². The topological polar surface area (TPSA) is 131 Å². The van der Waals surface area contributed by atoms with E-state index in [1.807, 2.05) is 61.5 Å². The average Bonchev–Trinajstić information content (AvgIpc) is 3.69. The van der Waals surface area contributed by atoms with E-state index in [9.17, 15) is 14.7 Å². The predicted octanol–water partition coefficient (Wildman–Crippen LogP) is 6.61. The maximum atomic E-state index is 14.0. The highest BCUT2D eigenvalue weighted by Crippen LogP contribution is 2.26. The van der Waals surface area contributed by atoms with E-state index in [0.717, 1.165) is 51.5 Å². The molecule has 2 amide bonds. The number of carbonyl (C=O) groups is 2. The Balaban J connectivity index is 1.18. The van der Waals surface area contributed by atoms with Gasteiger partial charge in [0.2, 0.25) is 5.91 Å². The molecule has 9 heteroatoms. The number of carbonyl (C=O) groups excluding carboxylic acids is 2. The van der Waals surface area contributed by atoms with Crippen LogP contribution in [0.4, 0.5) is 0 Å². The van der Waals surface area contributed by atoms with E-state index >= 15 is 0 Å². The minimum absolute atomic E-state index is 0.0321. The standard InChI is InChI=1S/C41H50N6O3/c1-28(32-18-9-12-29-11-5-6-15-33(29)32)46-41(50)38(19-10-23-42-31-13-3-2-4-14-31)47-40(49)36-21-20-30(34-16-7-8-17-35(34)36)27-45-37(22-26-48)39-43-24-25-44-39/h5-9,11-12,15-18,20-21,24-25,28,31,37-38,42,45,48H,2-4,10,13-14,19,22-23,26-27H2,1H3,(H,43,44)(H,46,50)(H,47,49)/t28-,37?,38-/m0/s1. The van der Waals surface area contributed by atoms with Gasteiger partial charge in [-0.15, -0.1) is 0 Å². The van der Waals surface area contributed by atoms with Crippen molar-refractivity contribution in [3.8, 4) is 0 Å². The molecule has 4 aromatic carbocycles. The van der Waals surface area contributed by atoms with Gasteiger partial charge < -0.3 is 31.4 Å². The first-order valence-electron chi connectivity index (χ1n) is 18.2. The Kier molecular flexibility index (Phi) is 12.3. The van der Waals surface area contributed by atoms with Crippen molar-refractivity contribution in [1.29, 1.82) is 0 Å². The molecule has 1 aliphatic rings. The van der Waals surface area contributed by atoms with Crippen LogP contribution in [0, 0.1) is 0 Å². The van der Waals surface area contributed by atoms with Crippen LogP contribution in [0.15, 0.2) is 91.3 Å². The minimum atomic E-state index is -0.694. The molecule has 6 rings (SSSR count). The van der Waals surface area contributed by atoms with Gasteiger partial charge in [-0.2, -0.15) is 0 Å². The van der Waals surface area contributed by atoms with E-state index in [0.29, 0.717) is 31.0 Å². The molecular formula is C41H50N6O3. The van der Waals surface area contributed by atoms with Crippen LogP contribution in [0.1, 0.15) is 97.7 Å². The number of amides is 2. The minimum Gasteiger partial charge on any atom is -0.396 e. The quantitative estimate of drug-likeness (QED) is 0.0654. The van der Waals surface area contributed by atoms with E-state index < -0.39 is 6.04 Å². The number of aromatic nitrogens is 2. The van der Waals surface area contributed by atoms with Gasteiger partial charge >= 0.3 is 0 Å². The number of hydrogen-bond acceptors (Lipinski definition) is 6. The molecule has 0 aliphatic heterocycles. The summed E-state index contributed by atoms with van der Waals surface area (Å²) >= 11 is 0. The average molecular weight is 675 g/mol. The van der Waals surface area contributed by atoms with Crippen molar-refractivity contribution >= 4 is 33.4 Å². The molecule has 0 spiro atoms. The summed E-state index contributed by atoms with van der Waals surface area (Å²) < 4.78 is 0. The van der Waals surface area contributed by atoms with Gasteiger partial charge in [-0.1, -0.05) is 92.1 Å². The number of imidazole rings is 1. The number of rotatable bonds is 16. The third-order valence-corrected chi connectivity index (χ3v) is 10.0. The molecule has 6 N–H and O–H groups in total. The normalized spacial score (nSPS) is 15.5. The summed E-state index contributed by atoms with van der Waals surface area (Å²) in [4.78, 5) is 35.5. The maximum Gasteiger partial charge on any atom is 0.252 e. The smallest absolute Gasteiger partial charge is 0.252 e. The van der Waals surface area contributed by atoms with Gasteiger partial charge in [0.25, 0.3) is 5.91 Å². The second-order valence-electron chi connectivity index (χ2n) is 13.5. The van der Waals surface area contributed by atoms with Gasteiger partial charge in [0.15, 0.2) is 0 Å². The van der Waals surface area contributed by atoms with E-state index in [1.165, 1.54) is 32.1 Å². The summed E-state index contributed by atoms with van der Waals surface area (Å²) in [5, 5.41) is 27.2. The predicted molar refractivity (Wildman–Crippen MR) is 200 cm³/mol. The number of fused-ring (bicyclic) bond motifs is 2. The number of H-pyrrole nitrogens is 1. The second-order valence-corrected chi connectivity index (χ2v) is 13.5. The zero-order chi connectivity index (χ0) is 34.7. The van der Waals surface area contributed by atoms with Crippen LogP contribution >= 0.6 is 0 Å². The molecule has 0 saturated heterocycles. The molecule has 1 fully saturated rings. The van der Waals surface area contributed by atoms with Gasteiger partial charge in [-0.3, -0.25) is 9.59 Å². The number of aliphatic hydroxyl groups is 1. The molecule has 50 heavy (non-hydrogen) atoms. The van der Waals surface area contributed by atoms with Gasteiger partial charge in [-0.25, -0.2) is 4.98 Å². The second kappa shape index (κ2) is 17.4. The molecule has 1 saturated carbocycles. The summed E-state index contributed by atoms with van der Waals surface area (Å²) in [6.45, 7) is 3.37. The van der Waals surface area contributed by atoms with Crippen LogP contribution < -0.4 is 21.3 Å². The Morgan fingerprint density at radius 3 is 2.42 bits per heavy atom. The van der Waals surface area contributed by atoms with Gasteiger partial charge in [0, 0.05) is 37.2 Å². The van der Waals surface area contributed by atoms with Crippen molar-refractivity contribution < 1.29 is 14.7 Å². The molecule has 0 radical (unpaired) electrons. The van der Waals surface area contributed by atoms with Crippen molar-refractivity contribution in [2.75, 3.05) is 13.2 Å². The first-order valence-corrected chi connectivity index (χ1v) is 18.2. The van der Waals surface area contributed by atoms with Crippen LogP contribution in [0.5, 0.6) is 0 Å². The van der Waals surface area contributed by atoms with Crippen molar-refractivity contribution in [3.05, 3.63) is 114 Å². The Morgan fingerprint density at radius 1 is 0.880 bits per heavy atom. The Bertz CT molecular complexity index is 1850. The SMILES string of the molecule is C[C@H](NC(=O)[C@H](CCCNC1CCCCC1)NC(=O)c1ccc(CNC(CCO)c2ncc[nH]2)c2ccccc12)c1cccc2ccccc12. The lowest BCUT2D eigenvalue weighted by molar-refractivity contribution is -0.123. The zero-order valence-electron chi connectivity index (χ0n) is 29.0. The summed E-state index contributed by atoms with van der Waals surface area (Å²) in [6.07, 6.45) is 11.5. The lowest BCUT2D eigenvalue weighted by Crippen LogP contribution is -2.47. The molecule has 3 atom stereocenters. The molecular weight excluding hydrogens is 624 g/mol. The van der Waals surface area contributed by atoms with E-state index in [-0.39, 0.29) is 30.5 Å². The fourth-order valence-electron chi connectivity index (χ4n) is 7.32. The molecule has 262 valence electrons. The monoisotopic (exact) mass is 674 g/mol. The lowest BCUT2D eigenvalue weighted by Gasteiger charge is -2.25. The van der Waals surface area contributed by atoms with E-state index in [4.69, 9.17) is 0 Å². The first-order chi connectivity index (χ1) is 24.5. The zero-order valence-corrected chi connectivity index (χ0v) is 29.0. The van der Waals surface area contributed by atoms with Crippen molar-refractivity contribution in [2.24, 2.45) is 0 Å². The summed E-state index contributed by atoms with van der Waals surface area (Å²) in [6, 6.07) is 25.5. The van der Waals surface area contributed by atoms with Crippen LogP contribution in [-0.2, 0) is 11.3 Å². The number of nitrogens with one attached hydrogen (secondary N) is 5. The number of benzene rings is 4. The van der Waals surface area contributed by atoms with E-state index in [1.54, 1.807) is 12.4 Å². The Morgan fingerprint density at radius 2 is 1.64 bits per heavy atom. The van der Waals surface area contributed by atoms with Crippen LogP contribution in [0.25, 0.3) is 21.5 Å².